The molecule has 1 aromatic carbocycles. The third kappa shape index (κ3) is 2.46. The number of hydrogen-bond acceptors (Lipinski definition) is 1. The summed E-state index contributed by atoms with van der Waals surface area (Å²) in [5.41, 5.74) is 1.16. The van der Waals surface area contributed by atoms with Crippen molar-refractivity contribution in [2.24, 2.45) is 0 Å². The number of alkyl halides is 1. The Balaban J connectivity index is 2.33. The molecule has 1 aromatic rings. The second kappa shape index (κ2) is 5.29. The Bertz CT molecular complexity index is 365. The minimum atomic E-state index is 0.209. The number of ether oxygens (including phenoxy) is 1. The number of halogens is 2. The molecule has 2 rings (SSSR count). The Labute approximate surface area is 107 Å². The zero-order valence-corrected chi connectivity index (χ0v) is 10.9. The molecule has 1 saturated carbocycles. The fourth-order valence-electron chi connectivity index (χ4n) is 2.43. The Morgan fingerprint density at radius 1 is 1.25 bits per heavy atom. The number of rotatable bonds is 2. The van der Waals surface area contributed by atoms with Crippen molar-refractivity contribution in [1.29, 1.82) is 0 Å². The van der Waals surface area contributed by atoms with Gasteiger partial charge >= 0.3 is 0 Å². The van der Waals surface area contributed by atoms with Crippen molar-refractivity contribution in [3.8, 4) is 5.75 Å². The first-order chi connectivity index (χ1) is 7.72. The van der Waals surface area contributed by atoms with Gasteiger partial charge in [0.2, 0.25) is 0 Å². The lowest BCUT2D eigenvalue weighted by Gasteiger charge is -2.28. The van der Waals surface area contributed by atoms with E-state index in [0.29, 0.717) is 5.92 Å². The summed E-state index contributed by atoms with van der Waals surface area (Å²) < 4.78 is 5.38. The van der Waals surface area contributed by atoms with Crippen LogP contribution in [0.2, 0.25) is 5.02 Å². The van der Waals surface area contributed by atoms with E-state index in [9.17, 15) is 0 Å². The predicted octanol–water partition coefficient (Wildman–Crippen LogP) is 4.61. The van der Waals surface area contributed by atoms with Crippen LogP contribution in [0.15, 0.2) is 18.2 Å². The van der Waals surface area contributed by atoms with E-state index in [1.54, 1.807) is 7.11 Å². The van der Waals surface area contributed by atoms with E-state index in [4.69, 9.17) is 27.9 Å². The van der Waals surface area contributed by atoms with E-state index < -0.39 is 0 Å². The van der Waals surface area contributed by atoms with Crippen molar-refractivity contribution in [2.75, 3.05) is 7.11 Å². The van der Waals surface area contributed by atoms with Gasteiger partial charge in [-0.15, -0.1) is 11.6 Å². The van der Waals surface area contributed by atoms with Gasteiger partial charge < -0.3 is 4.74 Å². The summed E-state index contributed by atoms with van der Waals surface area (Å²) in [7, 11) is 1.69. The van der Waals surface area contributed by atoms with Crippen LogP contribution in [0.4, 0.5) is 0 Å². The molecule has 1 aliphatic rings. The van der Waals surface area contributed by atoms with Crippen LogP contribution in [0.1, 0.15) is 37.2 Å². The highest BCUT2D eigenvalue weighted by molar-refractivity contribution is 6.30. The third-order valence-corrected chi connectivity index (χ3v) is 4.03. The van der Waals surface area contributed by atoms with Crippen molar-refractivity contribution < 1.29 is 4.74 Å². The monoisotopic (exact) mass is 258 g/mol. The van der Waals surface area contributed by atoms with Gasteiger partial charge in [-0.05, 0) is 31.0 Å². The van der Waals surface area contributed by atoms with E-state index in [1.807, 2.05) is 18.2 Å². The molecule has 0 amide bonds. The first-order valence-electron chi connectivity index (χ1n) is 5.70. The highest BCUT2D eigenvalue weighted by Gasteiger charge is 2.27. The van der Waals surface area contributed by atoms with Gasteiger partial charge in [0, 0.05) is 21.9 Å². The quantitative estimate of drug-likeness (QED) is 0.704. The Hall–Kier alpha value is -0.400. The molecule has 1 aliphatic carbocycles. The fourth-order valence-corrected chi connectivity index (χ4v) is 3.03. The molecular formula is C13H16Cl2O. The minimum Gasteiger partial charge on any atom is -0.496 e. The van der Waals surface area contributed by atoms with E-state index in [-0.39, 0.29) is 5.38 Å². The first kappa shape index (κ1) is 12.1. The normalized spacial score (nSPS) is 25.4. The Morgan fingerprint density at radius 3 is 2.69 bits per heavy atom. The topological polar surface area (TPSA) is 9.23 Å². The van der Waals surface area contributed by atoms with E-state index in [0.717, 1.165) is 29.2 Å². The van der Waals surface area contributed by atoms with Gasteiger partial charge in [-0.1, -0.05) is 24.4 Å². The average Bonchev–Trinajstić information content (AvgIpc) is 2.29. The van der Waals surface area contributed by atoms with Crippen molar-refractivity contribution in [3.63, 3.8) is 0 Å². The maximum absolute atomic E-state index is 6.40. The molecule has 2 atom stereocenters. The van der Waals surface area contributed by atoms with Crippen LogP contribution in [-0.2, 0) is 0 Å². The molecule has 2 unspecified atom stereocenters. The predicted molar refractivity (Wildman–Crippen MR) is 68.9 cm³/mol. The lowest BCUT2D eigenvalue weighted by Crippen LogP contribution is -2.18. The minimum absolute atomic E-state index is 0.209. The molecule has 0 aromatic heterocycles. The van der Waals surface area contributed by atoms with Crippen LogP contribution in [0.5, 0.6) is 5.75 Å². The summed E-state index contributed by atoms with van der Waals surface area (Å²) in [4.78, 5) is 0. The maximum atomic E-state index is 6.40. The van der Waals surface area contributed by atoms with Gasteiger partial charge in [-0.2, -0.15) is 0 Å². The first-order valence-corrected chi connectivity index (χ1v) is 6.51. The second-order valence-electron chi connectivity index (χ2n) is 4.29. The van der Waals surface area contributed by atoms with Gasteiger partial charge in [0.15, 0.2) is 0 Å². The number of hydrogen-bond donors (Lipinski definition) is 0. The van der Waals surface area contributed by atoms with Crippen molar-refractivity contribution in [1.82, 2.24) is 0 Å². The molecule has 3 heteroatoms. The van der Waals surface area contributed by atoms with Gasteiger partial charge in [0.1, 0.15) is 5.75 Å². The molecule has 0 spiro atoms. The zero-order chi connectivity index (χ0) is 11.5. The van der Waals surface area contributed by atoms with Gasteiger partial charge in [-0.25, -0.2) is 0 Å². The van der Waals surface area contributed by atoms with Crippen molar-refractivity contribution in [2.45, 2.75) is 37.0 Å². The average molecular weight is 259 g/mol. The van der Waals surface area contributed by atoms with E-state index >= 15 is 0 Å². The molecule has 0 bridgehead atoms. The van der Waals surface area contributed by atoms with Gasteiger partial charge in [-0.3, -0.25) is 0 Å². The van der Waals surface area contributed by atoms with Crippen molar-refractivity contribution >= 4 is 23.2 Å². The SMILES string of the molecule is COc1ccc(Cl)cc1C1CCCCC1Cl. The molecular weight excluding hydrogens is 243 g/mol. The standard InChI is InChI=1S/C13H16Cl2O/c1-16-13-7-6-9(14)8-11(13)10-4-2-3-5-12(10)15/h6-8,10,12H,2-5H2,1H3. The molecule has 0 N–H and O–H groups in total. The van der Waals surface area contributed by atoms with Crippen LogP contribution < -0.4 is 4.74 Å². The lowest BCUT2D eigenvalue weighted by atomic mass is 9.83. The van der Waals surface area contributed by atoms with Crippen LogP contribution in [-0.4, -0.2) is 12.5 Å². The molecule has 0 aliphatic heterocycles. The van der Waals surface area contributed by atoms with Gasteiger partial charge in [0.05, 0.1) is 7.11 Å². The van der Waals surface area contributed by atoms with Crippen LogP contribution >= 0.6 is 23.2 Å². The fraction of sp³-hybridized carbons (Fsp3) is 0.538. The highest BCUT2D eigenvalue weighted by atomic mass is 35.5. The number of benzene rings is 1. The Morgan fingerprint density at radius 2 is 2.00 bits per heavy atom. The molecule has 16 heavy (non-hydrogen) atoms. The lowest BCUT2D eigenvalue weighted by molar-refractivity contribution is 0.389. The zero-order valence-electron chi connectivity index (χ0n) is 9.38. The van der Waals surface area contributed by atoms with Crippen LogP contribution in [0.25, 0.3) is 0 Å². The summed E-state index contributed by atoms with van der Waals surface area (Å²) >= 11 is 12.4. The van der Waals surface area contributed by atoms with Crippen LogP contribution in [0.3, 0.4) is 0 Å². The summed E-state index contributed by atoms with van der Waals surface area (Å²) in [6.45, 7) is 0. The molecule has 0 saturated heterocycles. The second-order valence-corrected chi connectivity index (χ2v) is 5.29. The highest BCUT2D eigenvalue weighted by Crippen LogP contribution is 2.41. The summed E-state index contributed by atoms with van der Waals surface area (Å²) in [6.07, 6.45) is 4.68. The smallest absolute Gasteiger partial charge is 0.122 e. The summed E-state index contributed by atoms with van der Waals surface area (Å²) in [5.74, 6) is 1.28. The largest absolute Gasteiger partial charge is 0.496 e. The Kier molecular flexibility index (Phi) is 3.99. The molecule has 88 valence electrons. The molecule has 0 heterocycles. The number of methoxy groups -OCH3 is 1. The molecule has 0 radical (unpaired) electrons. The molecule has 1 nitrogen and oxygen atoms in total. The molecule has 1 fully saturated rings. The third-order valence-electron chi connectivity index (χ3n) is 3.27. The van der Waals surface area contributed by atoms with Crippen molar-refractivity contribution in [3.05, 3.63) is 28.8 Å². The van der Waals surface area contributed by atoms with E-state index in [2.05, 4.69) is 0 Å². The van der Waals surface area contributed by atoms with Crippen LogP contribution in [0, 0.1) is 0 Å². The summed E-state index contributed by atoms with van der Waals surface area (Å²) in [6, 6.07) is 5.78. The van der Waals surface area contributed by atoms with Gasteiger partial charge in [0.25, 0.3) is 0 Å². The summed E-state index contributed by atoms with van der Waals surface area (Å²) in [5, 5.41) is 0.964. The maximum Gasteiger partial charge on any atom is 0.122 e. The van der Waals surface area contributed by atoms with E-state index in [1.165, 1.54) is 12.8 Å².